The molecule has 3 aromatic carbocycles. The predicted octanol–water partition coefficient (Wildman–Crippen LogP) is 2.31. The van der Waals surface area contributed by atoms with E-state index in [1.54, 1.807) is 0 Å². The molecule has 1 amide bonds. The van der Waals surface area contributed by atoms with Crippen LogP contribution >= 0.6 is 0 Å². The number of anilines is 1. The zero-order valence-electron chi connectivity index (χ0n) is 17.4. The van der Waals surface area contributed by atoms with Crippen molar-refractivity contribution < 1.29 is 31.3 Å². The van der Waals surface area contributed by atoms with E-state index in [1.165, 1.54) is 49.4 Å². The molecule has 0 saturated heterocycles. The van der Waals surface area contributed by atoms with Crippen LogP contribution in [-0.2, 0) is 24.9 Å². The minimum atomic E-state index is -4.58. The van der Waals surface area contributed by atoms with Gasteiger partial charge in [-0.2, -0.15) is 28.8 Å². The van der Waals surface area contributed by atoms with E-state index in [-0.39, 0.29) is 38.5 Å². The molecule has 34 heavy (non-hydrogen) atoms. The van der Waals surface area contributed by atoms with Crippen molar-refractivity contribution in [1.82, 2.24) is 0 Å². The number of amides is 1. The van der Waals surface area contributed by atoms with Crippen LogP contribution in [0.1, 0.15) is 6.92 Å². The Balaban J connectivity index is 1.71. The van der Waals surface area contributed by atoms with Gasteiger partial charge in [0.1, 0.15) is 10.6 Å². The lowest BCUT2D eigenvalue weighted by Gasteiger charge is -2.13. The number of phenols is 1. The van der Waals surface area contributed by atoms with E-state index in [9.17, 15) is 31.3 Å². The third kappa shape index (κ3) is 4.26. The summed E-state index contributed by atoms with van der Waals surface area (Å²) in [5.74, 6) is -0.919. The van der Waals surface area contributed by atoms with Gasteiger partial charge in [-0.1, -0.05) is 18.2 Å². The van der Waals surface area contributed by atoms with Gasteiger partial charge in [-0.15, -0.1) is 0 Å². The van der Waals surface area contributed by atoms with Crippen LogP contribution in [0.5, 0.6) is 5.75 Å². The number of fused-ring (bicyclic) bond motifs is 1. The standard InChI is InChI=1S/C20H17N5O7S2/c1-11-19(20(27)25(24-11)12-4-2-5-13(10-12)33(21,28)29)23-22-15-7-3-6-14-17(34(30,31)32)9-8-16(26)18(14)15/h2-10,19,26H,1H3,(H2,21,28,29)(H,30,31,32). The van der Waals surface area contributed by atoms with E-state index >= 15 is 0 Å². The molecule has 0 bridgehead atoms. The van der Waals surface area contributed by atoms with E-state index < -0.39 is 37.0 Å². The van der Waals surface area contributed by atoms with E-state index in [2.05, 4.69) is 15.3 Å². The Morgan fingerprint density at radius 1 is 1.06 bits per heavy atom. The molecule has 14 heteroatoms. The topological polar surface area (TPSA) is 192 Å². The number of hydrazone groups is 1. The molecule has 0 aromatic heterocycles. The zero-order valence-corrected chi connectivity index (χ0v) is 19.0. The number of carbonyl (C=O) groups excluding carboxylic acids is 1. The van der Waals surface area contributed by atoms with Gasteiger partial charge in [0.25, 0.3) is 16.0 Å². The summed E-state index contributed by atoms with van der Waals surface area (Å²) in [4.78, 5) is 12.3. The third-order valence-corrected chi connectivity index (χ3v) is 6.83. The molecule has 176 valence electrons. The number of azo groups is 1. The normalized spacial score (nSPS) is 17.0. The van der Waals surface area contributed by atoms with Crippen molar-refractivity contribution in [3.63, 3.8) is 0 Å². The number of hydrogen-bond acceptors (Lipinski definition) is 9. The van der Waals surface area contributed by atoms with Crippen LogP contribution < -0.4 is 10.1 Å². The Labute approximate surface area is 193 Å². The fourth-order valence-corrected chi connectivity index (χ4v) is 4.68. The fourth-order valence-electron chi connectivity index (χ4n) is 3.44. The largest absolute Gasteiger partial charge is 0.507 e. The molecule has 1 aliphatic heterocycles. The molecule has 1 aliphatic rings. The van der Waals surface area contributed by atoms with Crippen LogP contribution in [-0.4, -0.2) is 44.2 Å². The lowest BCUT2D eigenvalue weighted by atomic mass is 10.1. The Hall–Kier alpha value is -3.72. The molecule has 1 atom stereocenters. The van der Waals surface area contributed by atoms with Crippen LogP contribution in [0.25, 0.3) is 10.8 Å². The number of rotatable bonds is 5. The summed E-state index contributed by atoms with van der Waals surface area (Å²) in [6.07, 6.45) is 0. The van der Waals surface area contributed by atoms with Gasteiger partial charge in [-0.3, -0.25) is 9.35 Å². The maximum Gasteiger partial charge on any atom is 0.295 e. The molecule has 0 spiro atoms. The van der Waals surface area contributed by atoms with Crippen LogP contribution in [0.3, 0.4) is 0 Å². The molecule has 0 aliphatic carbocycles. The number of sulfonamides is 1. The van der Waals surface area contributed by atoms with Crippen molar-refractivity contribution >= 4 is 53.9 Å². The average molecular weight is 504 g/mol. The molecule has 0 fully saturated rings. The van der Waals surface area contributed by atoms with E-state index in [1.807, 2.05) is 0 Å². The number of nitrogens with two attached hydrogens (primary N) is 1. The second-order valence-corrected chi connectivity index (χ2v) is 10.3. The highest BCUT2D eigenvalue weighted by Gasteiger charge is 2.35. The second-order valence-electron chi connectivity index (χ2n) is 7.31. The average Bonchev–Trinajstić information content (AvgIpc) is 3.04. The van der Waals surface area contributed by atoms with Crippen molar-refractivity contribution in [3.8, 4) is 5.75 Å². The first kappa shape index (κ1) is 23.4. The first-order valence-electron chi connectivity index (χ1n) is 9.53. The molecular formula is C20H17N5O7S2. The van der Waals surface area contributed by atoms with Crippen molar-refractivity contribution in [1.29, 1.82) is 0 Å². The lowest BCUT2D eigenvalue weighted by molar-refractivity contribution is -0.117. The molecule has 4 N–H and O–H groups in total. The number of primary sulfonamides is 1. The van der Waals surface area contributed by atoms with Crippen molar-refractivity contribution in [2.75, 3.05) is 5.01 Å². The van der Waals surface area contributed by atoms with Gasteiger partial charge in [-0.05, 0) is 43.3 Å². The second kappa shape index (κ2) is 8.25. The number of benzene rings is 3. The first-order valence-corrected chi connectivity index (χ1v) is 12.5. The van der Waals surface area contributed by atoms with Crippen molar-refractivity contribution in [2.45, 2.75) is 22.8 Å². The summed E-state index contributed by atoms with van der Waals surface area (Å²) in [5, 5.41) is 28.6. The fraction of sp³-hybridized carbons (Fsp3) is 0.100. The molecule has 0 saturated carbocycles. The number of carbonyl (C=O) groups is 1. The molecule has 1 unspecified atom stereocenters. The van der Waals surface area contributed by atoms with Gasteiger partial charge in [0.15, 0.2) is 6.04 Å². The van der Waals surface area contributed by atoms with Gasteiger partial charge < -0.3 is 5.11 Å². The zero-order chi connectivity index (χ0) is 24.8. The summed E-state index contributed by atoms with van der Waals surface area (Å²) in [5.41, 5.74) is 0.475. The van der Waals surface area contributed by atoms with Crippen LogP contribution in [0.4, 0.5) is 11.4 Å². The number of aromatic hydroxyl groups is 1. The number of nitrogens with zero attached hydrogens (tertiary/aromatic N) is 4. The monoisotopic (exact) mass is 503 g/mol. The lowest BCUT2D eigenvalue weighted by Crippen LogP contribution is -2.29. The molecule has 0 radical (unpaired) electrons. The predicted molar refractivity (Wildman–Crippen MR) is 122 cm³/mol. The Morgan fingerprint density at radius 2 is 1.76 bits per heavy atom. The Kier molecular flexibility index (Phi) is 5.69. The minimum absolute atomic E-state index is 0.0131. The molecule has 12 nitrogen and oxygen atoms in total. The van der Waals surface area contributed by atoms with Gasteiger partial charge in [0.05, 0.1) is 27.4 Å². The SMILES string of the molecule is CC1=NN(c2cccc(S(N)(=O)=O)c2)C(=O)C1N=Nc1cccc2c(S(=O)(=O)O)ccc(O)c12. The Bertz CT molecular complexity index is 1620. The van der Waals surface area contributed by atoms with Crippen molar-refractivity contribution in [2.24, 2.45) is 20.5 Å². The summed E-state index contributed by atoms with van der Waals surface area (Å²) in [7, 11) is -8.58. The van der Waals surface area contributed by atoms with E-state index in [4.69, 9.17) is 5.14 Å². The maximum atomic E-state index is 12.9. The van der Waals surface area contributed by atoms with E-state index in [0.717, 1.165) is 17.1 Å². The summed E-state index contributed by atoms with van der Waals surface area (Å²) >= 11 is 0. The highest BCUT2D eigenvalue weighted by Crippen LogP contribution is 2.37. The summed E-state index contributed by atoms with van der Waals surface area (Å²) in [6.45, 7) is 1.53. The highest BCUT2D eigenvalue weighted by atomic mass is 32.2. The molecule has 4 rings (SSSR count). The smallest absolute Gasteiger partial charge is 0.295 e. The van der Waals surface area contributed by atoms with Crippen LogP contribution in [0.15, 0.2) is 79.7 Å². The van der Waals surface area contributed by atoms with Crippen LogP contribution in [0, 0.1) is 0 Å². The summed E-state index contributed by atoms with van der Waals surface area (Å²) in [6, 6.07) is 10.6. The summed E-state index contributed by atoms with van der Waals surface area (Å²) < 4.78 is 56.1. The quantitative estimate of drug-likeness (QED) is 0.351. The maximum absolute atomic E-state index is 12.9. The van der Waals surface area contributed by atoms with E-state index in [0.29, 0.717) is 0 Å². The van der Waals surface area contributed by atoms with Gasteiger partial charge in [0, 0.05) is 5.39 Å². The van der Waals surface area contributed by atoms with Gasteiger partial charge >= 0.3 is 0 Å². The molecule has 3 aromatic rings. The molecule has 1 heterocycles. The first-order chi connectivity index (χ1) is 15.9. The third-order valence-electron chi connectivity index (χ3n) is 5.00. The van der Waals surface area contributed by atoms with Gasteiger partial charge in [-0.25, -0.2) is 13.6 Å². The molecular weight excluding hydrogens is 486 g/mol. The number of phenolic OH excluding ortho intramolecular Hbond substituents is 1. The highest BCUT2D eigenvalue weighted by molar-refractivity contribution is 7.89. The van der Waals surface area contributed by atoms with Crippen LogP contribution in [0.2, 0.25) is 0 Å². The van der Waals surface area contributed by atoms with Crippen molar-refractivity contribution in [3.05, 3.63) is 54.6 Å². The Morgan fingerprint density at radius 3 is 2.44 bits per heavy atom. The minimum Gasteiger partial charge on any atom is -0.507 e. The van der Waals surface area contributed by atoms with Gasteiger partial charge in [0.2, 0.25) is 10.0 Å². The number of hydrogen-bond donors (Lipinski definition) is 3.